The summed E-state index contributed by atoms with van der Waals surface area (Å²) in [6.07, 6.45) is 1.30. The highest BCUT2D eigenvalue weighted by Gasteiger charge is 2.33. The number of fused-ring (bicyclic) bond motifs is 1. The first-order valence-corrected chi connectivity index (χ1v) is 10.1. The molecule has 3 aromatic rings. The van der Waals surface area contributed by atoms with Gasteiger partial charge in [-0.05, 0) is 24.3 Å². The Morgan fingerprint density at radius 2 is 2.03 bits per heavy atom. The van der Waals surface area contributed by atoms with Gasteiger partial charge in [0, 0.05) is 19.3 Å². The van der Waals surface area contributed by atoms with Crippen molar-refractivity contribution in [3.05, 3.63) is 62.8 Å². The SMILES string of the molecule is COC(=O)c1cc(N2CCOCC2)c(F)c(Nc2ccnc3c(Cl)ccc(F)c23)c1[N+](=O)[O-]. The summed E-state index contributed by atoms with van der Waals surface area (Å²) in [5.74, 6) is -2.72. The van der Waals surface area contributed by atoms with Gasteiger partial charge in [0.2, 0.25) is 0 Å². The number of nitro groups is 1. The lowest BCUT2D eigenvalue weighted by Gasteiger charge is -2.30. The number of aromatic nitrogens is 1. The van der Waals surface area contributed by atoms with Crippen molar-refractivity contribution in [3.63, 3.8) is 0 Å². The molecule has 1 fully saturated rings. The lowest BCUT2D eigenvalue weighted by molar-refractivity contribution is -0.384. The number of carbonyl (C=O) groups excluding carboxylic acids is 1. The van der Waals surface area contributed by atoms with Gasteiger partial charge < -0.3 is 19.7 Å². The molecule has 33 heavy (non-hydrogen) atoms. The summed E-state index contributed by atoms with van der Waals surface area (Å²) >= 11 is 6.11. The Kier molecular flexibility index (Phi) is 6.25. The molecule has 0 aliphatic carbocycles. The number of ether oxygens (including phenoxy) is 2. The molecular formula is C21H17ClF2N4O5. The molecule has 9 nitrogen and oxygen atoms in total. The fourth-order valence-electron chi connectivity index (χ4n) is 3.67. The molecular weight excluding hydrogens is 462 g/mol. The van der Waals surface area contributed by atoms with Gasteiger partial charge in [0.25, 0.3) is 0 Å². The van der Waals surface area contributed by atoms with E-state index in [1.165, 1.54) is 18.3 Å². The highest BCUT2D eigenvalue weighted by Crippen LogP contribution is 2.41. The summed E-state index contributed by atoms with van der Waals surface area (Å²) in [4.78, 5) is 29.1. The molecule has 1 aromatic heterocycles. The van der Waals surface area contributed by atoms with Gasteiger partial charge >= 0.3 is 11.7 Å². The lowest BCUT2D eigenvalue weighted by atomic mass is 10.1. The molecule has 1 N–H and O–H groups in total. The smallest absolute Gasteiger partial charge is 0.345 e. The van der Waals surface area contributed by atoms with Crippen LogP contribution in [0, 0.1) is 21.7 Å². The first-order valence-electron chi connectivity index (χ1n) is 9.75. The molecule has 0 bridgehead atoms. The van der Waals surface area contributed by atoms with E-state index in [1.54, 1.807) is 4.90 Å². The van der Waals surface area contributed by atoms with Crippen molar-refractivity contribution in [3.8, 4) is 0 Å². The fourth-order valence-corrected chi connectivity index (χ4v) is 3.88. The molecule has 0 unspecified atom stereocenters. The van der Waals surface area contributed by atoms with Crippen LogP contribution in [0.4, 0.5) is 31.5 Å². The van der Waals surface area contributed by atoms with E-state index in [1.807, 2.05) is 0 Å². The average molecular weight is 479 g/mol. The Balaban J connectivity index is 1.97. The molecule has 0 radical (unpaired) electrons. The van der Waals surface area contributed by atoms with E-state index in [9.17, 15) is 19.3 Å². The highest BCUT2D eigenvalue weighted by atomic mass is 35.5. The summed E-state index contributed by atoms with van der Waals surface area (Å²) in [6, 6.07) is 4.82. The molecule has 2 aromatic carbocycles. The van der Waals surface area contributed by atoms with Crippen LogP contribution in [0.1, 0.15) is 10.4 Å². The predicted molar refractivity (Wildman–Crippen MR) is 117 cm³/mol. The molecule has 1 aliphatic rings. The van der Waals surface area contributed by atoms with Gasteiger partial charge in [-0.1, -0.05) is 11.6 Å². The first-order chi connectivity index (χ1) is 15.8. The Labute approximate surface area is 191 Å². The molecule has 2 heterocycles. The largest absolute Gasteiger partial charge is 0.465 e. The number of nitrogens with one attached hydrogen (secondary N) is 1. The Morgan fingerprint density at radius 3 is 2.70 bits per heavy atom. The molecule has 172 valence electrons. The number of anilines is 3. The number of pyridine rings is 1. The Hall–Kier alpha value is -3.57. The second kappa shape index (κ2) is 9.12. The first kappa shape index (κ1) is 22.6. The summed E-state index contributed by atoms with van der Waals surface area (Å²) in [6.45, 7) is 1.23. The van der Waals surface area contributed by atoms with E-state index >= 15 is 4.39 Å². The normalized spacial score (nSPS) is 13.8. The number of carbonyl (C=O) groups is 1. The molecule has 0 amide bonds. The fraction of sp³-hybridized carbons (Fsp3) is 0.238. The van der Waals surface area contributed by atoms with E-state index in [0.717, 1.165) is 19.2 Å². The molecule has 1 saturated heterocycles. The average Bonchev–Trinajstić information content (AvgIpc) is 2.82. The van der Waals surface area contributed by atoms with Gasteiger partial charge in [0.1, 0.15) is 11.4 Å². The van der Waals surface area contributed by atoms with E-state index in [4.69, 9.17) is 21.1 Å². The Bertz CT molecular complexity index is 1270. The number of nitro benzene ring substituents is 1. The van der Waals surface area contributed by atoms with Crippen molar-refractivity contribution in [2.24, 2.45) is 0 Å². The Morgan fingerprint density at radius 1 is 1.30 bits per heavy atom. The number of halogens is 3. The van der Waals surface area contributed by atoms with Gasteiger partial charge in [0.05, 0.1) is 52.5 Å². The minimum atomic E-state index is -1.02. The maximum Gasteiger partial charge on any atom is 0.345 e. The van der Waals surface area contributed by atoms with Crippen LogP contribution >= 0.6 is 11.6 Å². The minimum Gasteiger partial charge on any atom is -0.465 e. The molecule has 0 spiro atoms. The molecule has 0 atom stereocenters. The maximum atomic E-state index is 15.8. The maximum absolute atomic E-state index is 15.8. The van der Waals surface area contributed by atoms with Gasteiger partial charge in [-0.3, -0.25) is 15.1 Å². The van der Waals surface area contributed by atoms with Crippen LogP contribution < -0.4 is 10.2 Å². The number of morpholine rings is 1. The van der Waals surface area contributed by atoms with Gasteiger partial charge in [-0.25, -0.2) is 13.6 Å². The van der Waals surface area contributed by atoms with Crippen molar-refractivity contribution in [1.29, 1.82) is 0 Å². The standard InChI is InChI=1S/C21H17ClF2N4O5/c1-32-21(29)11-10-15(27-6-8-33-9-7-27)17(24)19(20(11)28(30)31)26-14-4-5-25-18-12(22)2-3-13(23)16(14)18/h2-5,10H,6-9H2,1H3,(H,25,26). The number of esters is 1. The number of hydrogen-bond donors (Lipinski definition) is 1. The summed E-state index contributed by atoms with van der Waals surface area (Å²) in [5, 5.41) is 14.6. The van der Waals surface area contributed by atoms with E-state index in [-0.39, 0.29) is 27.3 Å². The van der Waals surface area contributed by atoms with Crippen molar-refractivity contribution < 1.29 is 28.0 Å². The third-order valence-electron chi connectivity index (χ3n) is 5.21. The molecule has 4 rings (SSSR count). The summed E-state index contributed by atoms with van der Waals surface area (Å²) in [7, 11) is 1.06. The molecule has 1 aliphatic heterocycles. The van der Waals surface area contributed by atoms with Gasteiger partial charge in [-0.2, -0.15) is 0 Å². The number of benzene rings is 2. The molecule has 12 heteroatoms. The summed E-state index contributed by atoms with van der Waals surface area (Å²) in [5.41, 5.74) is -1.90. The van der Waals surface area contributed by atoms with Crippen molar-refractivity contribution in [2.75, 3.05) is 43.6 Å². The van der Waals surface area contributed by atoms with E-state index < -0.39 is 39.5 Å². The van der Waals surface area contributed by atoms with Crippen LogP contribution in [0.3, 0.4) is 0 Å². The summed E-state index contributed by atoms with van der Waals surface area (Å²) < 4.78 is 40.4. The third kappa shape index (κ3) is 4.12. The number of nitrogens with zero attached hydrogens (tertiary/aromatic N) is 3. The second-order valence-corrected chi connectivity index (χ2v) is 7.47. The lowest BCUT2D eigenvalue weighted by Crippen LogP contribution is -2.37. The van der Waals surface area contributed by atoms with Crippen LogP contribution in [0.5, 0.6) is 0 Å². The zero-order chi connectivity index (χ0) is 23.7. The highest BCUT2D eigenvalue weighted by molar-refractivity contribution is 6.35. The van der Waals surface area contributed by atoms with Gasteiger partial charge in [0.15, 0.2) is 11.5 Å². The zero-order valence-corrected chi connectivity index (χ0v) is 18.0. The van der Waals surface area contributed by atoms with Crippen molar-refractivity contribution >= 4 is 51.2 Å². The third-order valence-corrected chi connectivity index (χ3v) is 5.51. The van der Waals surface area contributed by atoms with Crippen molar-refractivity contribution in [1.82, 2.24) is 4.98 Å². The van der Waals surface area contributed by atoms with Crippen LogP contribution in [0.2, 0.25) is 5.02 Å². The van der Waals surface area contributed by atoms with E-state index in [2.05, 4.69) is 10.3 Å². The number of hydrogen-bond acceptors (Lipinski definition) is 8. The zero-order valence-electron chi connectivity index (χ0n) is 17.2. The number of rotatable bonds is 5. The predicted octanol–water partition coefficient (Wildman–Crippen LogP) is 4.44. The minimum absolute atomic E-state index is 0.0167. The van der Waals surface area contributed by atoms with Gasteiger partial charge in [-0.15, -0.1) is 0 Å². The van der Waals surface area contributed by atoms with Crippen LogP contribution in [-0.4, -0.2) is 49.3 Å². The second-order valence-electron chi connectivity index (χ2n) is 7.07. The van der Waals surface area contributed by atoms with Crippen LogP contribution in [0.25, 0.3) is 10.9 Å². The monoisotopic (exact) mass is 478 g/mol. The molecule has 0 saturated carbocycles. The quantitative estimate of drug-likeness (QED) is 0.326. The van der Waals surface area contributed by atoms with Crippen LogP contribution in [0.15, 0.2) is 30.5 Å². The topological polar surface area (TPSA) is 107 Å². The van der Waals surface area contributed by atoms with Crippen LogP contribution in [-0.2, 0) is 9.47 Å². The van der Waals surface area contributed by atoms with E-state index in [0.29, 0.717) is 26.3 Å². The number of methoxy groups -OCH3 is 1. The van der Waals surface area contributed by atoms with Crippen molar-refractivity contribution in [2.45, 2.75) is 0 Å².